The third-order valence-electron chi connectivity index (χ3n) is 1.80. The standard InChI is InChI=1S/C9H4ClF2N3OS/c10-5-2-1-4(3-13-5)14-9(16)7-6(11)8(12)17-15-7/h1-3H,(H,14,16). The second-order valence-electron chi connectivity index (χ2n) is 2.94. The Morgan fingerprint density at radius 2 is 2.18 bits per heavy atom. The van der Waals surface area contributed by atoms with Crippen LogP contribution in [0.1, 0.15) is 10.5 Å². The van der Waals surface area contributed by atoms with Crippen LogP contribution in [0.5, 0.6) is 0 Å². The van der Waals surface area contributed by atoms with Crippen molar-refractivity contribution in [3.8, 4) is 0 Å². The van der Waals surface area contributed by atoms with E-state index in [4.69, 9.17) is 11.6 Å². The van der Waals surface area contributed by atoms with Gasteiger partial charge in [-0.2, -0.15) is 8.76 Å². The maximum absolute atomic E-state index is 13.1. The average molecular weight is 276 g/mol. The minimum absolute atomic E-state index is 0.258. The number of amides is 1. The molecule has 8 heteroatoms. The van der Waals surface area contributed by atoms with E-state index in [1.165, 1.54) is 18.3 Å². The molecule has 88 valence electrons. The zero-order valence-corrected chi connectivity index (χ0v) is 9.65. The van der Waals surface area contributed by atoms with Gasteiger partial charge in [0.25, 0.3) is 5.91 Å². The molecular formula is C9H4ClF2N3OS. The molecule has 2 heterocycles. The Morgan fingerprint density at radius 1 is 1.41 bits per heavy atom. The summed E-state index contributed by atoms with van der Waals surface area (Å²) in [7, 11) is 0. The Labute approximate surface area is 103 Å². The van der Waals surface area contributed by atoms with Gasteiger partial charge in [0.2, 0.25) is 10.9 Å². The summed E-state index contributed by atoms with van der Waals surface area (Å²) in [4.78, 5) is 15.2. The number of carbonyl (C=O) groups is 1. The molecule has 0 aromatic carbocycles. The number of hydrogen-bond acceptors (Lipinski definition) is 4. The summed E-state index contributed by atoms with van der Waals surface area (Å²) in [6.45, 7) is 0. The van der Waals surface area contributed by atoms with Gasteiger partial charge in [-0.25, -0.2) is 9.37 Å². The highest BCUT2D eigenvalue weighted by atomic mass is 35.5. The molecular weight excluding hydrogens is 272 g/mol. The number of pyridine rings is 1. The molecule has 0 aliphatic carbocycles. The topological polar surface area (TPSA) is 54.9 Å². The van der Waals surface area contributed by atoms with Gasteiger partial charge < -0.3 is 5.32 Å². The van der Waals surface area contributed by atoms with E-state index in [0.29, 0.717) is 5.69 Å². The summed E-state index contributed by atoms with van der Waals surface area (Å²) in [6, 6.07) is 2.93. The van der Waals surface area contributed by atoms with Gasteiger partial charge in [0.1, 0.15) is 5.15 Å². The van der Waals surface area contributed by atoms with Gasteiger partial charge in [-0.05, 0) is 23.7 Å². The molecule has 0 radical (unpaired) electrons. The summed E-state index contributed by atoms with van der Waals surface area (Å²) < 4.78 is 29.1. The van der Waals surface area contributed by atoms with Crippen LogP contribution in [0.2, 0.25) is 5.15 Å². The number of carbonyl (C=O) groups excluding carboxylic acids is 1. The minimum Gasteiger partial charge on any atom is -0.319 e. The highest BCUT2D eigenvalue weighted by Crippen LogP contribution is 2.17. The Kier molecular flexibility index (Phi) is 3.30. The molecule has 2 aromatic heterocycles. The molecule has 0 saturated heterocycles. The smallest absolute Gasteiger partial charge is 0.278 e. The lowest BCUT2D eigenvalue weighted by Gasteiger charge is -2.02. The van der Waals surface area contributed by atoms with Crippen LogP contribution in [0.3, 0.4) is 0 Å². The molecule has 0 aliphatic rings. The van der Waals surface area contributed by atoms with Crippen LogP contribution in [0, 0.1) is 10.9 Å². The van der Waals surface area contributed by atoms with Crippen LogP contribution in [-0.2, 0) is 0 Å². The van der Waals surface area contributed by atoms with Crippen molar-refractivity contribution in [2.45, 2.75) is 0 Å². The minimum atomic E-state index is -1.26. The van der Waals surface area contributed by atoms with Gasteiger partial charge in [-0.1, -0.05) is 11.6 Å². The van der Waals surface area contributed by atoms with Crippen molar-refractivity contribution in [1.29, 1.82) is 0 Å². The van der Waals surface area contributed by atoms with Crippen LogP contribution in [0.4, 0.5) is 14.5 Å². The van der Waals surface area contributed by atoms with Crippen molar-refractivity contribution in [1.82, 2.24) is 9.36 Å². The van der Waals surface area contributed by atoms with E-state index in [-0.39, 0.29) is 16.7 Å². The van der Waals surface area contributed by atoms with E-state index in [9.17, 15) is 13.6 Å². The molecule has 0 atom stereocenters. The van der Waals surface area contributed by atoms with E-state index in [1.54, 1.807) is 0 Å². The quantitative estimate of drug-likeness (QED) is 0.858. The number of nitrogens with zero attached hydrogens (tertiary/aromatic N) is 2. The van der Waals surface area contributed by atoms with Gasteiger partial charge in [0, 0.05) is 0 Å². The monoisotopic (exact) mass is 275 g/mol. The van der Waals surface area contributed by atoms with E-state index < -0.39 is 22.5 Å². The van der Waals surface area contributed by atoms with Crippen molar-refractivity contribution < 1.29 is 13.6 Å². The second-order valence-corrected chi connectivity index (χ2v) is 4.05. The molecule has 0 spiro atoms. The molecule has 0 saturated carbocycles. The summed E-state index contributed by atoms with van der Waals surface area (Å²) in [6.07, 6.45) is 1.29. The number of nitrogens with one attached hydrogen (secondary N) is 1. The Bertz CT molecular complexity index is 558. The lowest BCUT2D eigenvalue weighted by Crippen LogP contribution is -2.14. The van der Waals surface area contributed by atoms with Crippen molar-refractivity contribution in [2.75, 3.05) is 5.32 Å². The SMILES string of the molecule is O=C(Nc1ccc(Cl)nc1)c1nsc(F)c1F. The lowest BCUT2D eigenvalue weighted by atomic mass is 10.3. The predicted molar refractivity (Wildman–Crippen MR) is 59.2 cm³/mol. The van der Waals surface area contributed by atoms with Gasteiger partial charge in [0.15, 0.2) is 5.69 Å². The van der Waals surface area contributed by atoms with Crippen LogP contribution < -0.4 is 5.32 Å². The number of halogens is 3. The molecule has 0 aliphatic heterocycles. The first kappa shape index (κ1) is 11.9. The van der Waals surface area contributed by atoms with E-state index in [1.807, 2.05) is 0 Å². The van der Waals surface area contributed by atoms with Crippen LogP contribution >= 0.6 is 23.1 Å². The second kappa shape index (κ2) is 4.72. The fraction of sp³-hybridized carbons (Fsp3) is 0. The Balaban J connectivity index is 2.17. The van der Waals surface area contributed by atoms with Gasteiger partial charge in [-0.3, -0.25) is 4.79 Å². The summed E-state index contributed by atoms with van der Waals surface area (Å²) >= 11 is 5.83. The van der Waals surface area contributed by atoms with Crippen molar-refractivity contribution >= 4 is 34.7 Å². The molecule has 2 rings (SSSR count). The molecule has 1 N–H and O–H groups in total. The van der Waals surface area contributed by atoms with Crippen molar-refractivity contribution in [3.05, 3.63) is 40.1 Å². The van der Waals surface area contributed by atoms with Gasteiger partial charge in [-0.15, -0.1) is 0 Å². The predicted octanol–water partition coefficient (Wildman–Crippen LogP) is 2.72. The normalized spacial score (nSPS) is 10.3. The molecule has 0 unspecified atom stereocenters. The fourth-order valence-corrected chi connectivity index (χ4v) is 1.66. The molecule has 17 heavy (non-hydrogen) atoms. The Hall–Kier alpha value is -1.60. The van der Waals surface area contributed by atoms with Gasteiger partial charge >= 0.3 is 0 Å². The highest BCUT2D eigenvalue weighted by molar-refractivity contribution is 7.04. The first-order chi connectivity index (χ1) is 8.08. The number of rotatable bonds is 2. The zero-order chi connectivity index (χ0) is 12.4. The molecule has 1 amide bonds. The first-order valence-corrected chi connectivity index (χ1v) is 5.46. The highest BCUT2D eigenvalue weighted by Gasteiger charge is 2.20. The first-order valence-electron chi connectivity index (χ1n) is 4.31. The number of hydrogen-bond donors (Lipinski definition) is 1. The lowest BCUT2D eigenvalue weighted by molar-refractivity contribution is 0.101. The molecule has 2 aromatic rings. The van der Waals surface area contributed by atoms with Crippen LogP contribution in [0.15, 0.2) is 18.3 Å². The maximum atomic E-state index is 13.1. The van der Waals surface area contributed by atoms with Gasteiger partial charge in [0.05, 0.1) is 11.9 Å². The third-order valence-corrected chi connectivity index (χ3v) is 2.63. The van der Waals surface area contributed by atoms with Crippen molar-refractivity contribution in [3.63, 3.8) is 0 Å². The summed E-state index contributed by atoms with van der Waals surface area (Å²) in [5, 5.41) is 1.45. The number of anilines is 1. The average Bonchev–Trinajstić information content (AvgIpc) is 2.63. The molecule has 0 bridgehead atoms. The molecule has 0 fully saturated rings. The van der Waals surface area contributed by atoms with Crippen LogP contribution in [-0.4, -0.2) is 15.3 Å². The van der Waals surface area contributed by atoms with E-state index >= 15 is 0 Å². The Morgan fingerprint density at radius 3 is 2.71 bits per heavy atom. The molecule has 4 nitrogen and oxygen atoms in total. The maximum Gasteiger partial charge on any atom is 0.278 e. The van der Waals surface area contributed by atoms with E-state index in [0.717, 1.165) is 0 Å². The summed E-state index contributed by atoms with van der Waals surface area (Å²) in [5.41, 5.74) is -0.269. The zero-order valence-electron chi connectivity index (χ0n) is 8.08. The fourth-order valence-electron chi connectivity index (χ4n) is 1.04. The van der Waals surface area contributed by atoms with Crippen LogP contribution in [0.25, 0.3) is 0 Å². The number of aromatic nitrogens is 2. The largest absolute Gasteiger partial charge is 0.319 e. The van der Waals surface area contributed by atoms with Crippen molar-refractivity contribution in [2.24, 2.45) is 0 Å². The van der Waals surface area contributed by atoms with E-state index in [2.05, 4.69) is 14.7 Å². The summed E-state index contributed by atoms with van der Waals surface area (Å²) in [5.74, 6) is -2.10. The third kappa shape index (κ3) is 2.56.